The van der Waals surface area contributed by atoms with Gasteiger partial charge in [0.25, 0.3) is 0 Å². The average molecular weight is 356 g/mol. The predicted molar refractivity (Wildman–Crippen MR) is 101 cm³/mol. The number of hydrogen-bond donors (Lipinski definition) is 1. The minimum Gasteiger partial charge on any atom is -0.384 e. The Balaban J connectivity index is 1.62. The zero-order valence-corrected chi connectivity index (χ0v) is 15.3. The van der Waals surface area contributed by atoms with E-state index in [-0.39, 0.29) is 11.6 Å². The molecule has 1 atom stereocenters. The van der Waals surface area contributed by atoms with Gasteiger partial charge in [-0.25, -0.2) is 4.39 Å². The Morgan fingerprint density at radius 3 is 2.35 bits per heavy atom. The van der Waals surface area contributed by atoms with E-state index in [1.807, 2.05) is 42.2 Å². The van der Waals surface area contributed by atoms with Crippen molar-refractivity contribution in [3.63, 3.8) is 0 Å². The molecule has 0 aromatic heterocycles. The molecule has 138 valence electrons. The Bertz CT molecular complexity index is 769. The topological polar surface area (TPSA) is 43.8 Å². The lowest BCUT2D eigenvalue weighted by Crippen LogP contribution is -2.50. The number of nitrogens with zero attached hydrogens (tertiary/aromatic N) is 2. The maximum atomic E-state index is 14.3. The lowest BCUT2D eigenvalue weighted by atomic mass is 9.95. The molecule has 0 saturated carbocycles. The maximum Gasteiger partial charge on any atom is 0.159 e. The molecule has 4 nitrogen and oxygen atoms in total. The summed E-state index contributed by atoms with van der Waals surface area (Å²) in [5.41, 5.74) is 0.902. The normalized spacial score (nSPS) is 17.8. The van der Waals surface area contributed by atoms with Crippen molar-refractivity contribution in [2.75, 3.05) is 37.6 Å². The minimum atomic E-state index is -0.919. The molecule has 1 unspecified atom stereocenters. The molecule has 1 N–H and O–H groups in total. The average Bonchev–Trinajstić information content (AvgIpc) is 2.63. The van der Waals surface area contributed by atoms with Crippen LogP contribution in [0.4, 0.5) is 10.1 Å². The third-order valence-corrected chi connectivity index (χ3v) is 4.99. The smallest absolute Gasteiger partial charge is 0.159 e. The van der Waals surface area contributed by atoms with E-state index < -0.39 is 5.60 Å². The second-order valence-electron chi connectivity index (χ2n) is 7.13. The van der Waals surface area contributed by atoms with Crippen LogP contribution < -0.4 is 4.90 Å². The summed E-state index contributed by atoms with van der Waals surface area (Å²) in [6.45, 7) is 6.66. The Labute approximate surface area is 153 Å². The van der Waals surface area contributed by atoms with Gasteiger partial charge in [0.05, 0.1) is 11.3 Å². The molecule has 1 fully saturated rings. The lowest BCUT2D eigenvalue weighted by molar-refractivity contribution is 0.0143. The molecule has 1 aliphatic heterocycles. The van der Waals surface area contributed by atoms with Gasteiger partial charge in [-0.15, -0.1) is 0 Å². The molecule has 1 heterocycles. The third-order valence-electron chi connectivity index (χ3n) is 4.99. The number of Topliss-reactive ketones (excluding diaryl/α,β-unsaturated/α-hetero) is 1. The summed E-state index contributed by atoms with van der Waals surface area (Å²) < 4.78 is 14.3. The molecule has 0 bridgehead atoms. The number of rotatable bonds is 5. The summed E-state index contributed by atoms with van der Waals surface area (Å²) in [5, 5.41) is 10.8. The summed E-state index contributed by atoms with van der Waals surface area (Å²) in [7, 11) is 0. The van der Waals surface area contributed by atoms with Crippen LogP contribution in [-0.2, 0) is 5.60 Å². The highest BCUT2D eigenvalue weighted by Gasteiger charge is 2.28. The molecular formula is C21H25FN2O2. The van der Waals surface area contributed by atoms with Crippen molar-refractivity contribution in [2.24, 2.45) is 0 Å². The summed E-state index contributed by atoms with van der Waals surface area (Å²) in [4.78, 5) is 15.6. The molecule has 2 aromatic carbocycles. The standard InChI is InChI=1S/C21H25FN2O2/c1-16(25)17-8-9-20(19(22)14-17)24-12-10-23(11-13-24)15-21(2,26)18-6-4-3-5-7-18/h3-9,14,26H,10-13,15H2,1-2H3. The zero-order valence-electron chi connectivity index (χ0n) is 15.3. The highest BCUT2D eigenvalue weighted by Crippen LogP contribution is 2.25. The van der Waals surface area contributed by atoms with E-state index in [9.17, 15) is 14.3 Å². The van der Waals surface area contributed by atoms with Gasteiger partial charge in [-0.1, -0.05) is 30.3 Å². The van der Waals surface area contributed by atoms with Crippen molar-refractivity contribution in [1.82, 2.24) is 4.90 Å². The van der Waals surface area contributed by atoms with Crippen molar-refractivity contribution >= 4 is 11.5 Å². The van der Waals surface area contributed by atoms with E-state index in [2.05, 4.69) is 4.90 Å². The Hall–Kier alpha value is -2.24. The monoisotopic (exact) mass is 356 g/mol. The van der Waals surface area contributed by atoms with Crippen molar-refractivity contribution < 1.29 is 14.3 Å². The summed E-state index contributed by atoms with van der Waals surface area (Å²) in [6.07, 6.45) is 0. The number of anilines is 1. The van der Waals surface area contributed by atoms with Crippen molar-refractivity contribution in [3.05, 3.63) is 65.5 Å². The second-order valence-corrected chi connectivity index (χ2v) is 7.13. The SMILES string of the molecule is CC(=O)c1ccc(N2CCN(CC(C)(O)c3ccccc3)CC2)c(F)c1. The Morgan fingerprint density at radius 1 is 1.12 bits per heavy atom. The highest BCUT2D eigenvalue weighted by molar-refractivity contribution is 5.94. The van der Waals surface area contributed by atoms with Crippen LogP contribution in [-0.4, -0.2) is 48.5 Å². The van der Waals surface area contributed by atoms with Crippen LogP contribution in [0.25, 0.3) is 0 Å². The fraction of sp³-hybridized carbons (Fsp3) is 0.381. The van der Waals surface area contributed by atoms with E-state index in [4.69, 9.17) is 0 Å². The Kier molecular flexibility index (Phi) is 5.39. The van der Waals surface area contributed by atoms with Gasteiger partial charge in [0.15, 0.2) is 5.78 Å². The maximum absolute atomic E-state index is 14.3. The molecule has 0 spiro atoms. The molecule has 0 aliphatic carbocycles. The molecule has 1 aliphatic rings. The van der Waals surface area contributed by atoms with Crippen LogP contribution in [0.5, 0.6) is 0 Å². The first kappa shape index (κ1) is 18.5. The van der Waals surface area contributed by atoms with Crippen molar-refractivity contribution in [3.8, 4) is 0 Å². The molecular weight excluding hydrogens is 331 g/mol. The Morgan fingerprint density at radius 2 is 1.77 bits per heavy atom. The van der Waals surface area contributed by atoms with Gasteiger partial charge in [0.1, 0.15) is 5.82 Å². The summed E-state index contributed by atoms with van der Waals surface area (Å²) in [5.74, 6) is -0.495. The van der Waals surface area contributed by atoms with Gasteiger partial charge in [0, 0.05) is 38.3 Å². The van der Waals surface area contributed by atoms with Gasteiger partial charge in [-0.3, -0.25) is 9.69 Å². The van der Waals surface area contributed by atoms with Crippen LogP contribution in [0.1, 0.15) is 29.8 Å². The van der Waals surface area contributed by atoms with Gasteiger partial charge < -0.3 is 10.0 Å². The lowest BCUT2D eigenvalue weighted by Gasteiger charge is -2.39. The van der Waals surface area contributed by atoms with Crippen LogP contribution in [0.2, 0.25) is 0 Å². The van der Waals surface area contributed by atoms with E-state index in [1.54, 1.807) is 12.1 Å². The number of ketones is 1. The number of piperazine rings is 1. The largest absolute Gasteiger partial charge is 0.384 e. The molecule has 5 heteroatoms. The second kappa shape index (κ2) is 7.56. The number of benzene rings is 2. The van der Waals surface area contributed by atoms with Crippen LogP contribution in [0.3, 0.4) is 0 Å². The quantitative estimate of drug-likeness (QED) is 0.837. The van der Waals surface area contributed by atoms with Gasteiger partial charge in [0.2, 0.25) is 0 Å². The molecule has 3 rings (SSSR count). The summed E-state index contributed by atoms with van der Waals surface area (Å²) in [6, 6.07) is 14.3. The van der Waals surface area contributed by atoms with E-state index in [1.165, 1.54) is 13.0 Å². The zero-order chi connectivity index (χ0) is 18.7. The highest BCUT2D eigenvalue weighted by atomic mass is 19.1. The minimum absolute atomic E-state index is 0.136. The van der Waals surface area contributed by atoms with Gasteiger partial charge >= 0.3 is 0 Å². The van der Waals surface area contributed by atoms with Crippen molar-refractivity contribution in [1.29, 1.82) is 0 Å². The number of carbonyl (C=O) groups excluding carboxylic acids is 1. The van der Waals surface area contributed by atoms with Crippen LogP contribution in [0.15, 0.2) is 48.5 Å². The fourth-order valence-corrected chi connectivity index (χ4v) is 3.45. The van der Waals surface area contributed by atoms with E-state index in [0.717, 1.165) is 18.7 Å². The first-order chi connectivity index (χ1) is 12.4. The molecule has 0 radical (unpaired) electrons. The first-order valence-electron chi connectivity index (χ1n) is 8.92. The summed E-state index contributed by atoms with van der Waals surface area (Å²) >= 11 is 0. The number of carbonyl (C=O) groups is 1. The number of halogens is 1. The first-order valence-corrected chi connectivity index (χ1v) is 8.92. The number of hydrogen-bond acceptors (Lipinski definition) is 4. The molecule has 1 saturated heterocycles. The van der Waals surface area contributed by atoms with Gasteiger partial charge in [-0.2, -0.15) is 0 Å². The third kappa shape index (κ3) is 4.11. The number of β-amino-alcohol motifs (C(OH)–C–C–N with tert-alkyl or cyclic N) is 1. The molecule has 0 amide bonds. The number of aliphatic hydroxyl groups is 1. The van der Waals surface area contributed by atoms with Crippen LogP contribution >= 0.6 is 0 Å². The molecule has 2 aromatic rings. The van der Waals surface area contributed by atoms with E-state index >= 15 is 0 Å². The van der Waals surface area contributed by atoms with Crippen LogP contribution in [0, 0.1) is 5.82 Å². The van der Waals surface area contributed by atoms with Crippen molar-refractivity contribution in [2.45, 2.75) is 19.4 Å². The van der Waals surface area contributed by atoms with Gasteiger partial charge in [-0.05, 0) is 37.6 Å². The predicted octanol–water partition coefficient (Wildman–Crippen LogP) is 3.06. The van der Waals surface area contributed by atoms with E-state index in [0.29, 0.717) is 30.9 Å². The molecule has 26 heavy (non-hydrogen) atoms. The fourth-order valence-electron chi connectivity index (χ4n) is 3.45.